The van der Waals surface area contributed by atoms with Crippen LogP contribution in [0.2, 0.25) is 5.02 Å². The third-order valence-corrected chi connectivity index (χ3v) is 4.51. The van der Waals surface area contributed by atoms with E-state index >= 15 is 0 Å². The second-order valence-corrected chi connectivity index (χ2v) is 6.93. The summed E-state index contributed by atoms with van der Waals surface area (Å²) in [4.78, 5) is 29.7. The molecular weight excluding hydrogens is 381 g/mol. The Morgan fingerprint density at radius 1 is 1.27 bits per heavy atom. The molecule has 0 atom stereocenters. The van der Waals surface area contributed by atoms with Crippen LogP contribution >= 0.6 is 22.9 Å². The average Bonchev–Trinajstić information content (AvgIpc) is 3.00. The summed E-state index contributed by atoms with van der Waals surface area (Å²) in [6.07, 6.45) is -0.636. The Bertz CT molecular complexity index is 1010. The van der Waals surface area contributed by atoms with E-state index < -0.39 is 17.8 Å². The Hall–Kier alpha value is -2.71. The lowest BCUT2D eigenvalue weighted by molar-refractivity contribution is 0.102. The van der Waals surface area contributed by atoms with Gasteiger partial charge in [-0.15, -0.1) is 0 Å². The summed E-state index contributed by atoms with van der Waals surface area (Å²) >= 11 is 7.09. The average molecular weight is 394 g/mol. The summed E-state index contributed by atoms with van der Waals surface area (Å²) in [6.45, 7) is 0. The van der Waals surface area contributed by atoms with Gasteiger partial charge in [0.1, 0.15) is 17.1 Å². The maximum Gasteiger partial charge on any atom is 0.414 e. The fourth-order valence-electron chi connectivity index (χ4n) is 2.09. The van der Waals surface area contributed by atoms with Gasteiger partial charge in [-0.3, -0.25) is 10.1 Å². The van der Waals surface area contributed by atoms with E-state index in [1.807, 2.05) is 0 Å². The molecule has 0 spiro atoms. The molecule has 0 aliphatic heterocycles. The van der Waals surface area contributed by atoms with E-state index in [1.165, 1.54) is 43.3 Å². The lowest BCUT2D eigenvalue weighted by Gasteiger charge is -2.13. The predicted octanol–water partition coefficient (Wildman–Crippen LogP) is 4.40. The number of hydrogen-bond donors (Lipinski definition) is 1. The molecule has 6 nitrogen and oxygen atoms in total. The van der Waals surface area contributed by atoms with Gasteiger partial charge in [0, 0.05) is 19.1 Å². The largest absolute Gasteiger partial charge is 0.414 e. The van der Waals surface area contributed by atoms with Crippen molar-refractivity contribution in [2.75, 3.05) is 19.4 Å². The van der Waals surface area contributed by atoms with E-state index in [4.69, 9.17) is 16.3 Å². The predicted molar refractivity (Wildman–Crippen MR) is 98.7 cm³/mol. The third kappa shape index (κ3) is 3.76. The molecule has 0 fully saturated rings. The first-order valence-corrected chi connectivity index (χ1v) is 8.59. The van der Waals surface area contributed by atoms with Crippen molar-refractivity contribution in [2.45, 2.75) is 0 Å². The van der Waals surface area contributed by atoms with E-state index in [2.05, 4.69) is 10.3 Å². The highest BCUT2D eigenvalue weighted by Crippen LogP contribution is 2.29. The standard InChI is InChI=1S/C17H13ClFN3O3S/c1-22(2)17(24)25-12-7-6-9(18)8-10(12)15(23)21-16-20-14-11(19)4-3-5-13(14)26-16/h3-8H,1-2H3,(H,20,21,23). The molecule has 0 saturated carbocycles. The van der Waals surface area contributed by atoms with Crippen molar-refractivity contribution < 1.29 is 18.7 Å². The van der Waals surface area contributed by atoms with Crippen LogP contribution in [0.3, 0.4) is 0 Å². The van der Waals surface area contributed by atoms with Crippen molar-refractivity contribution in [2.24, 2.45) is 0 Å². The number of benzene rings is 2. The van der Waals surface area contributed by atoms with Gasteiger partial charge in [-0.2, -0.15) is 0 Å². The van der Waals surface area contributed by atoms with Crippen molar-refractivity contribution in [3.63, 3.8) is 0 Å². The number of nitrogens with zero attached hydrogens (tertiary/aromatic N) is 2. The maximum atomic E-state index is 13.7. The van der Waals surface area contributed by atoms with Crippen molar-refractivity contribution >= 4 is 50.3 Å². The normalized spacial score (nSPS) is 10.6. The second-order valence-electron chi connectivity index (χ2n) is 5.46. The Labute approximate surface area is 157 Å². The summed E-state index contributed by atoms with van der Waals surface area (Å²) in [7, 11) is 3.04. The van der Waals surface area contributed by atoms with Crippen LogP contribution in [0.4, 0.5) is 14.3 Å². The first-order chi connectivity index (χ1) is 12.3. The van der Waals surface area contributed by atoms with Crippen LogP contribution in [0.1, 0.15) is 10.4 Å². The minimum absolute atomic E-state index is 0.0536. The first kappa shape index (κ1) is 18.1. The number of hydrogen-bond acceptors (Lipinski definition) is 5. The van der Waals surface area contributed by atoms with Crippen LogP contribution in [0, 0.1) is 5.82 Å². The molecular formula is C17H13ClFN3O3S. The first-order valence-electron chi connectivity index (χ1n) is 7.40. The molecule has 134 valence electrons. The summed E-state index contributed by atoms with van der Waals surface area (Å²) in [5.41, 5.74) is 0.241. The van der Waals surface area contributed by atoms with Crippen LogP contribution in [-0.4, -0.2) is 36.0 Å². The number of fused-ring (bicyclic) bond motifs is 1. The lowest BCUT2D eigenvalue weighted by atomic mass is 10.2. The van der Waals surface area contributed by atoms with Gasteiger partial charge in [0.25, 0.3) is 5.91 Å². The smallest absolute Gasteiger partial charge is 0.409 e. The van der Waals surface area contributed by atoms with E-state index in [9.17, 15) is 14.0 Å². The fourth-order valence-corrected chi connectivity index (χ4v) is 3.13. The number of amides is 2. The van der Waals surface area contributed by atoms with Crippen LogP contribution in [0.15, 0.2) is 36.4 Å². The molecule has 0 bridgehead atoms. The highest BCUT2D eigenvalue weighted by Gasteiger charge is 2.19. The molecule has 3 rings (SSSR count). The van der Waals surface area contributed by atoms with Gasteiger partial charge < -0.3 is 9.64 Å². The Kier molecular flexibility index (Phi) is 5.06. The molecule has 2 amide bonds. The minimum Gasteiger partial charge on any atom is -0.409 e. The number of thiazole rings is 1. The molecule has 1 aromatic heterocycles. The molecule has 0 aliphatic carbocycles. The molecule has 0 saturated heterocycles. The maximum absolute atomic E-state index is 13.7. The van der Waals surface area contributed by atoms with Gasteiger partial charge in [0.05, 0.1) is 10.3 Å². The number of aromatic nitrogens is 1. The number of ether oxygens (including phenoxy) is 1. The zero-order valence-corrected chi connectivity index (χ0v) is 15.3. The number of carbonyl (C=O) groups excluding carboxylic acids is 2. The van der Waals surface area contributed by atoms with Crippen molar-refractivity contribution in [1.82, 2.24) is 9.88 Å². The topological polar surface area (TPSA) is 71.5 Å². The number of para-hydroxylation sites is 1. The molecule has 0 aliphatic rings. The summed E-state index contributed by atoms with van der Waals surface area (Å²) in [6, 6.07) is 8.87. The SMILES string of the molecule is CN(C)C(=O)Oc1ccc(Cl)cc1C(=O)Nc1nc2c(F)cccc2s1. The molecule has 0 unspecified atom stereocenters. The highest BCUT2D eigenvalue weighted by atomic mass is 35.5. The highest BCUT2D eigenvalue weighted by molar-refractivity contribution is 7.22. The molecule has 9 heteroatoms. The van der Waals surface area contributed by atoms with Crippen LogP contribution in [0.5, 0.6) is 5.75 Å². The second kappa shape index (κ2) is 7.27. The molecule has 1 N–H and O–H groups in total. The van der Waals surface area contributed by atoms with Crippen molar-refractivity contribution in [1.29, 1.82) is 0 Å². The Morgan fingerprint density at radius 2 is 2.04 bits per heavy atom. The third-order valence-electron chi connectivity index (χ3n) is 3.34. The molecule has 2 aromatic carbocycles. The number of nitrogens with one attached hydrogen (secondary N) is 1. The lowest BCUT2D eigenvalue weighted by Crippen LogP contribution is -2.26. The number of halogens is 2. The van der Waals surface area contributed by atoms with E-state index in [0.29, 0.717) is 9.72 Å². The summed E-state index contributed by atoms with van der Waals surface area (Å²) < 4.78 is 19.5. The number of rotatable bonds is 3. The molecule has 1 heterocycles. The van der Waals surface area contributed by atoms with Gasteiger partial charge in [0.2, 0.25) is 0 Å². The summed E-state index contributed by atoms with van der Waals surface area (Å²) in [5.74, 6) is -0.992. The molecule has 26 heavy (non-hydrogen) atoms. The molecule has 0 radical (unpaired) electrons. The minimum atomic E-state index is -0.636. The Balaban J connectivity index is 1.89. The van der Waals surface area contributed by atoms with Crippen molar-refractivity contribution in [3.8, 4) is 5.75 Å². The van der Waals surface area contributed by atoms with Crippen LogP contribution < -0.4 is 10.1 Å². The van der Waals surface area contributed by atoms with E-state index in [1.54, 1.807) is 12.1 Å². The zero-order valence-electron chi connectivity index (χ0n) is 13.7. The number of anilines is 1. The van der Waals surface area contributed by atoms with Crippen LogP contribution in [-0.2, 0) is 0 Å². The zero-order chi connectivity index (χ0) is 18.8. The van der Waals surface area contributed by atoms with Crippen molar-refractivity contribution in [3.05, 3.63) is 52.8 Å². The molecule has 3 aromatic rings. The van der Waals surface area contributed by atoms with Gasteiger partial charge in [-0.25, -0.2) is 14.2 Å². The van der Waals surface area contributed by atoms with Gasteiger partial charge in [0.15, 0.2) is 5.13 Å². The summed E-state index contributed by atoms with van der Waals surface area (Å²) in [5, 5.41) is 3.11. The van der Waals surface area contributed by atoms with Gasteiger partial charge in [-0.05, 0) is 30.3 Å². The van der Waals surface area contributed by atoms with Crippen LogP contribution in [0.25, 0.3) is 10.2 Å². The fraction of sp³-hybridized carbons (Fsp3) is 0.118. The van der Waals surface area contributed by atoms with Gasteiger partial charge in [-0.1, -0.05) is 29.0 Å². The Morgan fingerprint density at radius 3 is 2.73 bits per heavy atom. The monoisotopic (exact) mass is 393 g/mol. The van der Waals surface area contributed by atoms with Gasteiger partial charge >= 0.3 is 6.09 Å². The number of carbonyl (C=O) groups is 2. The van der Waals surface area contributed by atoms with E-state index in [-0.39, 0.29) is 22.0 Å². The quantitative estimate of drug-likeness (QED) is 0.715. The van der Waals surface area contributed by atoms with E-state index in [0.717, 1.165) is 11.3 Å².